The highest BCUT2D eigenvalue weighted by Gasteiger charge is 2.11. The van der Waals surface area contributed by atoms with Gasteiger partial charge in [0.2, 0.25) is 5.88 Å². The van der Waals surface area contributed by atoms with Gasteiger partial charge in [0.1, 0.15) is 18.5 Å². The van der Waals surface area contributed by atoms with E-state index in [0.717, 1.165) is 5.56 Å². The summed E-state index contributed by atoms with van der Waals surface area (Å²) in [4.78, 5) is 11.9. The Kier molecular flexibility index (Phi) is 2.67. The molecule has 2 N–H and O–H groups in total. The monoisotopic (exact) mass is 220 g/mol. The van der Waals surface area contributed by atoms with Gasteiger partial charge >= 0.3 is 6.01 Å². The molecule has 84 valence electrons. The van der Waals surface area contributed by atoms with Crippen molar-refractivity contribution < 1.29 is 4.74 Å². The second-order valence-corrected chi connectivity index (χ2v) is 3.20. The van der Waals surface area contributed by atoms with Crippen LogP contribution < -0.4 is 10.5 Å². The van der Waals surface area contributed by atoms with Gasteiger partial charge in [0.05, 0.1) is 5.56 Å². The van der Waals surface area contributed by atoms with Crippen molar-refractivity contribution in [1.29, 1.82) is 0 Å². The summed E-state index contributed by atoms with van der Waals surface area (Å²) in [5.74, 6) is 0.824. The van der Waals surface area contributed by atoms with E-state index in [0.29, 0.717) is 18.1 Å². The zero-order chi connectivity index (χ0) is 11.5. The molecule has 0 aromatic carbocycles. The predicted molar refractivity (Wildman–Crippen MR) is 56.9 cm³/mol. The molecule has 0 aliphatic carbocycles. The van der Waals surface area contributed by atoms with Gasteiger partial charge in [-0.25, -0.2) is 9.97 Å². The van der Waals surface area contributed by atoms with Crippen molar-refractivity contribution in [1.82, 2.24) is 24.7 Å². The number of hydrogen-bond donors (Lipinski definition) is 1. The van der Waals surface area contributed by atoms with E-state index in [4.69, 9.17) is 10.5 Å². The van der Waals surface area contributed by atoms with E-state index in [9.17, 15) is 0 Å². The van der Waals surface area contributed by atoms with Gasteiger partial charge in [-0.3, -0.25) is 4.68 Å². The van der Waals surface area contributed by atoms with Gasteiger partial charge in [-0.1, -0.05) is 6.92 Å². The number of aryl methyl sites for hydroxylation is 1. The van der Waals surface area contributed by atoms with Gasteiger partial charge in [-0.15, -0.1) is 5.10 Å². The molecular weight excluding hydrogens is 208 g/mol. The van der Waals surface area contributed by atoms with Crippen LogP contribution in [0.5, 0.6) is 11.9 Å². The van der Waals surface area contributed by atoms with Gasteiger partial charge in [0.25, 0.3) is 0 Å². The number of nitrogens with zero attached hydrogens (tertiary/aromatic N) is 5. The van der Waals surface area contributed by atoms with E-state index in [-0.39, 0.29) is 6.01 Å². The normalized spacial score (nSPS) is 10.4. The third kappa shape index (κ3) is 1.92. The highest BCUT2D eigenvalue weighted by atomic mass is 16.5. The van der Waals surface area contributed by atoms with Crippen LogP contribution in [0.1, 0.15) is 12.5 Å². The van der Waals surface area contributed by atoms with Crippen molar-refractivity contribution in [2.45, 2.75) is 13.3 Å². The molecule has 0 saturated carbocycles. The Morgan fingerprint density at radius 2 is 2.19 bits per heavy atom. The first-order valence-electron chi connectivity index (χ1n) is 4.83. The molecule has 16 heavy (non-hydrogen) atoms. The summed E-state index contributed by atoms with van der Waals surface area (Å²) in [6.07, 6.45) is 3.59. The molecule has 2 heterocycles. The Bertz CT molecular complexity index is 494. The topological polar surface area (TPSA) is 91.7 Å². The first-order valence-corrected chi connectivity index (χ1v) is 4.83. The van der Waals surface area contributed by atoms with Crippen LogP contribution in [-0.4, -0.2) is 24.7 Å². The van der Waals surface area contributed by atoms with Crippen LogP contribution >= 0.6 is 0 Å². The summed E-state index contributed by atoms with van der Waals surface area (Å²) < 4.78 is 6.97. The number of ether oxygens (including phenoxy) is 1. The molecule has 0 atom stereocenters. The zero-order valence-electron chi connectivity index (χ0n) is 9.08. The maximum atomic E-state index is 5.71. The highest BCUT2D eigenvalue weighted by Crippen LogP contribution is 2.23. The van der Waals surface area contributed by atoms with Gasteiger partial charge in [0.15, 0.2) is 0 Å². The lowest BCUT2D eigenvalue weighted by Crippen LogP contribution is -2.02. The smallest absolute Gasteiger partial charge is 0.342 e. The van der Waals surface area contributed by atoms with Crippen LogP contribution in [0.25, 0.3) is 0 Å². The van der Waals surface area contributed by atoms with Gasteiger partial charge in [-0.2, -0.15) is 4.98 Å². The van der Waals surface area contributed by atoms with Crippen LogP contribution in [0, 0.1) is 0 Å². The SMILES string of the molecule is CCc1c(N)ncnc1Oc1ncn(C)n1. The standard InChI is InChI=1S/C9H12N6O/c1-3-6-7(10)11-4-12-8(6)16-9-13-5-15(2)14-9/h4-5H,3H2,1-2H3,(H2,10,11,12). The molecule has 0 spiro atoms. The van der Waals surface area contributed by atoms with E-state index in [2.05, 4.69) is 20.1 Å². The molecule has 2 aromatic rings. The van der Waals surface area contributed by atoms with Crippen LogP contribution in [0.15, 0.2) is 12.7 Å². The van der Waals surface area contributed by atoms with Crippen molar-refractivity contribution >= 4 is 5.82 Å². The quantitative estimate of drug-likeness (QED) is 0.811. The minimum absolute atomic E-state index is 0.246. The van der Waals surface area contributed by atoms with Crippen molar-refractivity contribution in [2.75, 3.05) is 5.73 Å². The molecule has 7 heteroatoms. The second-order valence-electron chi connectivity index (χ2n) is 3.20. The van der Waals surface area contributed by atoms with E-state index in [1.807, 2.05) is 6.92 Å². The summed E-state index contributed by atoms with van der Waals surface area (Å²) in [5.41, 5.74) is 6.47. The van der Waals surface area contributed by atoms with Gasteiger partial charge < -0.3 is 10.5 Å². The molecule has 0 aliphatic heterocycles. The van der Waals surface area contributed by atoms with Crippen LogP contribution in [0.3, 0.4) is 0 Å². The zero-order valence-corrected chi connectivity index (χ0v) is 9.08. The molecule has 2 aromatic heterocycles. The number of nitrogens with two attached hydrogens (primary N) is 1. The molecule has 0 saturated heterocycles. The van der Waals surface area contributed by atoms with Crippen molar-refractivity contribution in [3.63, 3.8) is 0 Å². The maximum Gasteiger partial charge on any atom is 0.342 e. The van der Waals surface area contributed by atoms with Crippen LogP contribution in [-0.2, 0) is 13.5 Å². The molecule has 0 radical (unpaired) electrons. The molecule has 0 aliphatic rings. The van der Waals surface area contributed by atoms with Gasteiger partial charge in [-0.05, 0) is 6.42 Å². The fourth-order valence-corrected chi connectivity index (χ4v) is 1.28. The highest BCUT2D eigenvalue weighted by molar-refractivity contribution is 5.45. The lowest BCUT2D eigenvalue weighted by Gasteiger charge is -2.06. The Labute approximate surface area is 92.3 Å². The molecule has 7 nitrogen and oxygen atoms in total. The van der Waals surface area contributed by atoms with E-state index >= 15 is 0 Å². The first-order chi connectivity index (χ1) is 7.70. The lowest BCUT2D eigenvalue weighted by molar-refractivity contribution is 0.417. The Morgan fingerprint density at radius 3 is 2.81 bits per heavy atom. The summed E-state index contributed by atoms with van der Waals surface area (Å²) in [5, 5.41) is 3.99. The number of anilines is 1. The third-order valence-corrected chi connectivity index (χ3v) is 2.06. The first kappa shape index (κ1) is 10.3. The molecule has 0 bridgehead atoms. The Hall–Kier alpha value is -2.18. The average Bonchev–Trinajstić information content (AvgIpc) is 2.64. The largest absolute Gasteiger partial charge is 0.404 e. The molecule has 0 unspecified atom stereocenters. The minimum Gasteiger partial charge on any atom is -0.404 e. The van der Waals surface area contributed by atoms with Gasteiger partial charge in [0, 0.05) is 7.05 Å². The summed E-state index contributed by atoms with van der Waals surface area (Å²) in [6.45, 7) is 1.95. The third-order valence-electron chi connectivity index (χ3n) is 2.06. The second kappa shape index (κ2) is 4.13. The van der Waals surface area contributed by atoms with E-state index < -0.39 is 0 Å². The lowest BCUT2D eigenvalue weighted by atomic mass is 10.2. The summed E-state index contributed by atoms with van der Waals surface area (Å²) in [6, 6.07) is 0.246. The average molecular weight is 220 g/mol. The molecular formula is C9H12N6O. The fourth-order valence-electron chi connectivity index (χ4n) is 1.28. The van der Waals surface area contributed by atoms with Crippen molar-refractivity contribution in [3.8, 4) is 11.9 Å². The van der Waals surface area contributed by atoms with Crippen molar-refractivity contribution in [2.24, 2.45) is 7.05 Å². The fraction of sp³-hybridized carbons (Fsp3) is 0.333. The van der Waals surface area contributed by atoms with E-state index in [1.54, 1.807) is 18.1 Å². The summed E-state index contributed by atoms with van der Waals surface area (Å²) >= 11 is 0. The van der Waals surface area contributed by atoms with Crippen LogP contribution in [0.4, 0.5) is 5.82 Å². The number of hydrogen-bond acceptors (Lipinski definition) is 6. The minimum atomic E-state index is 0.246. The Morgan fingerprint density at radius 1 is 1.38 bits per heavy atom. The molecule has 0 amide bonds. The number of rotatable bonds is 3. The number of nitrogen functional groups attached to an aromatic ring is 1. The maximum absolute atomic E-state index is 5.71. The van der Waals surface area contributed by atoms with Crippen LogP contribution in [0.2, 0.25) is 0 Å². The molecule has 0 fully saturated rings. The predicted octanol–water partition coefficient (Wildman–Crippen LogP) is 0.542. The van der Waals surface area contributed by atoms with Crippen molar-refractivity contribution in [3.05, 3.63) is 18.2 Å². The summed E-state index contributed by atoms with van der Waals surface area (Å²) in [7, 11) is 1.76. The van der Waals surface area contributed by atoms with E-state index in [1.165, 1.54) is 6.33 Å². The Balaban J connectivity index is 2.30. The molecule has 2 rings (SSSR count). The number of aromatic nitrogens is 5.